The fraction of sp³-hybridized carbons (Fsp3) is 0.471. The molecule has 1 aliphatic carbocycles. The van der Waals surface area contributed by atoms with Crippen LogP contribution in [0.2, 0.25) is 0 Å². The Morgan fingerprint density at radius 2 is 2.33 bits per heavy atom. The molecule has 21 heavy (non-hydrogen) atoms. The minimum absolute atomic E-state index is 0.152. The van der Waals surface area contributed by atoms with Gasteiger partial charge in [0.25, 0.3) is 0 Å². The number of aliphatic carboxylic acids is 1. The highest BCUT2D eigenvalue weighted by atomic mass is 16.5. The molecular weight excluding hydrogens is 266 g/mol. The molecule has 1 aliphatic heterocycles. The number of hydrogen-bond acceptors (Lipinski definition) is 3. The summed E-state index contributed by atoms with van der Waals surface area (Å²) in [6.45, 7) is 0.929. The van der Waals surface area contributed by atoms with Crippen LogP contribution in [0.3, 0.4) is 0 Å². The molecule has 1 saturated carbocycles. The van der Waals surface area contributed by atoms with Crippen molar-refractivity contribution in [2.45, 2.75) is 37.1 Å². The Bertz CT molecular complexity index is 569. The van der Waals surface area contributed by atoms with Crippen LogP contribution in [0.1, 0.15) is 31.2 Å². The van der Waals surface area contributed by atoms with E-state index in [-0.39, 0.29) is 11.5 Å². The van der Waals surface area contributed by atoms with Crippen molar-refractivity contribution in [1.29, 1.82) is 0 Å². The molecule has 0 radical (unpaired) electrons. The van der Waals surface area contributed by atoms with Gasteiger partial charge in [-0.25, -0.2) is 4.79 Å². The number of nitrogens with one attached hydrogen (secondary N) is 1. The molecule has 2 N–H and O–H groups in total. The lowest BCUT2D eigenvalue weighted by Gasteiger charge is -2.48. The second kappa shape index (κ2) is 5.53. The normalized spacial score (nSPS) is 30.1. The summed E-state index contributed by atoms with van der Waals surface area (Å²) >= 11 is 0. The van der Waals surface area contributed by atoms with Gasteiger partial charge in [0.15, 0.2) is 0 Å². The molecule has 2 atom stereocenters. The third kappa shape index (κ3) is 2.44. The molecule has 1 aromatic carbocycles. The summed E-state index contributed by atoms with van der Waals surface area (Å²) in [4.78, 5) is 11.3. The number of piperidine rings is 1. The van der Waals surface area contributed by atoms with Crippen molar-refractivity contribution in [3.63, 3.8) is 0 Å². The van der Waals surface area contributed by atoms with Gasteiger partial charge in [-0.15, -0.1) is 0 Å². The first-order chi connectivity index (χ1) is 10.2. The molecule has 4 heteroatoms. The first-order valence-electron chi connectivity index (χ1n) is 7.49. The molecule has 2 unspecified atom stereocenters. The van der Waals surface area contributed by atoms with E-state index >= 15 is 0 Å². The number of rotatable bonds is 3. The van der Waals surface area contributed by atoms with Crippen LogP contribution in [0.15, 0.2) is 35.9 Å². The van der Waals surface area contributed by atoms with Crippen molar-refractivity contribution < 1.29 is 14.6 Å². The van der Waals surface area contributed by atoms with Gasteiger partial charge in [0.2, 0.25) is 0 Å². The van der Waals surface area contributed by atoms with Crippen molar-refractivity contribution in [3.05, 3.63) is 41.5 Å². The SMILES string of the molecule is COc1cccc(C23CCCC(NCC2)/C3=C\C(=O)O)c1. The Balaban J connectivity index is 2.11. The summed E-state index contributed by atoms with van der Waals surface area (Å²) in [7, 11) is 1.66. The van der Waals surface area contributed by atoms with E-state index in [1.807, 2.05) is 12.1 Å². The fourth-order valence-corrected chi connectivity index (χ4v) is 3.93. The Kier molecular flexibility index (Phi) is 3.72. The maximum absolute atomic E-state index is 11.3. The molecule has 4 nitrogen and oxygen atoms in total. The largest absolute Gasteiger partial charge is 0.497 e. The second-order valence-electron chi connectivity index (χ2n) is 5.90. The quantitative estimate of drug-likeness (QED) is 0.839. The first-order valence-corrected chi connectivity index (χ1v) is 7.49. The number of carboxylic acid groups (broad SMARTS) is 1. The number of carboxylic acids is 1. The number of benzene rings is 1. The number of hydrogen-bond donors (Lipinski definition) is 2. The summed E-state index contributed by atoms with van der Waals surface area (Å²) in [6, 6.07) is 8.28. The van der Waals surface area contributed by atoms with Gasteiger partial charge in [0.1, 0.15) is 5.75 Å². The topological polar surface area (TPSA) is 58.6 Å². The fourth-order valence-electron chi connectivity index (χ4n) is 3.93. The van der Waals surface area contributed by atoms with Crippen molar-refractivity contribution in [3.8, 4) is 5.75 Å². The maximum Gasteiger partial charge on any atom is 0.328 e. The third-order valence-corrected chi connectivity index (χ3v) is 4.87. The van der Waals surface area contributed by atoms with Crippen molar-refractivity contribution in [2.24, 2.45) is 0 Å². The number of methoxy groups -OCH3 is 1. The molecule has 1 heterocycles. The van der Waals surface area contributed by atoms with E-state index < -0.39 is 5.97 Å². The van der Waals surface area contributed by atoms with E-state index in [0.29, 0.717) is 0 Å². The summed E-state index contributed by atoms with van der Waals surface area (Å²) in [5, 5.41) is 12.7. The highest BCUT2D eigenvalue weighted by Crippen LogP contribution is 2.48. The average Bonchev–Trinajstić information content (AvgIpc) is 2.47. The van der Waals surface area contributed by atoms with Crippen LogP contribution in [0.25, 0.3) is 0 Å². The summed E-state index contributed by atoms with van der Waals surface area (Å²) in [5.41, 5.74) is 2.06. The summed E-state index contributed by atoms with van der Waals surface area (Å²) in [6.07, 6.45) is 5.51. The van der Waals surface area contributed by atoms with Crippen molar-refractivity contribution in [2.75, 3.05) is 13.7 Å². The molecule has 0 aromatic heterocycles. The van der Waals surface area contributed by atoms with Crippen molar-refractivity contribution >= 4 is 5.97 Å². The minimum Gasteiger partial charge on any atom is -0.497 e. The van der Waals surface area contributed by atoms with Crippen LogP contribution in [0.5, 0.6) is 5.75 Å². The Morgan fingerprint density at radius 3 is 3.10 bits per heavy atom. The molecule has 2 fully saturated rings. The predicted octanol–water partition coefficient (Wildman–Crippen LogP) is 2.49. The Morgan fingerprint density at radius 1 is 1.48 bits per heavy atom. The van der Waals surface area contributed by atoms with Gasteiger partial charge in [-0.1, -0.05) is 18.6 Å². The zero-order valence-corrected chi connectivity index (χ0v) is 12.3. The second-order valence-corrected chi connectivity index (χ2v) is 5.90. The predicted molar refractivity (Wildman–Crippen MR) is 80.6 cm³/mol. The highest BCUT2D eigenvalue weighted by Gasteiger charge is 2.45. The zero-order chi connectivity index (χ0) is 14.9. The lowest BCUT2D eigenvalue weighted by Crippen LogP contribution is -2.52. The van der Waals surface area contributed by atoms with E-state index in [0.717, 1.165) is 43.6 Å². The average molecular weight is 287 g/mol. The van der Waals surface area contributed by atoms with Crippen LogP contribution in [-0.2, 0) is 10.2 Å². The number of ether oxygens (including phenoxy) is 1. The molecule has 1 saturated heterocycles. The molecule has 2 bridgehead atoms. The van der Waals surface area contributed by atoms with Crippen LogP contribution >= 0.6 is 0 Å². The summed E-state index contributed by atoms with van der Waals surface area (Å²) < 4.78 is 5.34. The molecular formula is C17H21NO3. The molecule has 2 aliphatic rings. The maximum atomic E-state index is 11.3. The number of carbonyl (C=O) groups is 1. The van der Waals surface area contributed by atoms with E-state index in [1.54, 1.807) is 7.11 Å². The van der Waals surface area contributed by atoms with Gasteiger partial charge < -0.3 is 15.2 Å². The van der Waals surface area contributed by atoms with Crippen LogP contribution in [0, 0.1) is 0 Å². The van der Waals surface area contributed by atoms with E-state index in [4.69, 9.17) is 4.74 Å². The van der Waals surface area contributed by atoms with E-state index in [9.17, 15) is 9.90 Å². The smallest absolute Gasteiger partial charge is 0.328 e. The molecule has 0 amide bonds. The van der Waals surface area contributed by atoms with Gasteiger partial charge in [0.05, 0.1) is 7.11 Å². The van der Waals surface area contributed by atoms with Gasteiger partial charge in [-0.3, -0.25) is 0 Å². The van der Waals surface area contributed by atoms with Crippen LogP contribution in [-0.4, -0.2) is 30.8 Å². The van der Waals surface area contributed by atoms with Gasteiger partial charge in [-0.2, -0.15) is 0 Å². The van der Waals surface area contributed by atoms with Crippen LogP contribution < -0.4 is 10.1 Å². The Hall–Kier alpha value is -1.81. The standard InChI is InChI=1S/C17H21NO3/c1-21-13-5-2-4-12(10-13)17-7-3-6-15(18-9-8-17)14(17)11-16(19)20/h2,4-5,10-11,15,18H,3,6-9H2,1H3,(H,19,20)/b14-11+. The van der Waals surface area contributed by atoms with Crippen LogP contribution in [0.4, 0.5) is 0 Å². The molecule has 3 rings (SSSR count). The minimum atomic E-state index is -0.854. The molecule has 1 aromatic rings. The number of fused-ring (bicyclic) bond motifs is 2. The van der Waals surface area contributed by atoms with Crippen molar-refractivity contribution in [1.82, 2.24) is 5.32 Å². The highest BCUT2D eigenvalue weighted by molar-refractivity contribution is 5.82. The molecule has 0 spiro atoms. The van der Waals surface area contributed by atoms with E-state index in [1.165, 1.54) is 11.6 Å². The third-order valence-electron chi connectivity index (χ3n) is 4.87. The Labute approximate surface area is 124 Å². The zero-order valence-electron chi connectivity index (χ0n) is 12.3. The summed E-state index contributed by atoms with van der Waals surface area (Å²) in [5.74, 6) is -0.0231. The molecule has 112 valence electrons. The van der Waals surface area contributed by atoms with Gasteiger partial charge in [0, 0.05) is 17.5 Å². The lowest BCUT2D eigenvalue weighted by atomic mass is 9.60. The van der Waals surface area contributed by atoms with E-state index in [2.05, 4.69) is 17.4 Å². The van der Waals surface area contributed by atoms with Gasteiger partial charge in [-0.05, 0) is 49.1 Å². The first kappa shape index (κ1) is 14.1. The lowest BCUT2D eigenvalue weighted by molar-refractivity contribution is -0.131. The van der Waals surface area contributed by atoms with Gasteiger partial charge >= 0.3 is 5.97 Å². The monoisotopic (exact) mass is 287 g/mol.